The Balaban J connectivity index is 1.33. The van der Waals surface area contributed by atoms with Crippen LogP contribution in [0.2, 0.25) is 0 Å². The fourth-order valence-electron chi connectivity index (χ4n) is 2.88. The van der Waals surface area contributed by atoms with Crippen molar-refractivity contribution < 1.29 is 23.6 Å². The highest BCUT2D eigenvalue weighted by Gasteiger charge is 2.31. The number of nitrogens with one attached hydrogen (secondary N) is 1. The van der Waals surface area contributed by atoms with E-state index in [-0.39, 0.29) is 25.0 Å². The Hall–Kier alpha value is -2.85. The zero-order chi connectivity index (χ0) is 20.4. The van der Waals surface area contributed by atoms with Crippen LogP contribution in [0.25, 0.3) is 6.08 Å². The maximum atomic E-state index is 12.7. The van der Waals surface area contributed by atoms with Crippen LogP contribution in [-0.2, 0) is 9.59 Å². The molecule has 4 rings (SSSR count). The van der Waals surface area contributed by atoms with Crippen molar-refractivity contribution in [3.8, 4) is 11.5 Å². The molecule has 1 aromatic heterocycles. The van der Waals surface area contributed by atoms with E-state index in [1.807, 2.05) is 18.2 Å². The summed E-state index contributed by atoms with van der Waals surface area (Å²) in [5.74, 6) is 1.98. The van der Waals surface area contributed by atoms with Crippen LogP contribution in [-0.4, -0.2) is 39.5 Å². The first kappa shape index (κ1) is 19.5. The Morgan fingerprint density at radius 3 is 2.97 bits per heavy atom. The normalized spacial score (nSPS) is 16.7. The molecule has 0 bridgehead atoms. The summed E-state index contributed by atoms with van der Waals surface area (Å²) in [7, 11) is 0. The number of aryl methyl sites for hydroxylation is 1. The molecule has 2 aliphatic heterocycles. The maximum Gasteiger partial charge on any atom is 0.266 e. The standard InChI is InChI=1S/C19H17N3O5S2/c1-11-7-16(21-27-11)20-17(23)3-2-6-22-18(24)15(29-19(22)28)9-12-4-5-13-14(8-12)26-10-25-13/h4-5,7-9H,2-3,6,10H2,1H3,(H,20,21,23)/b15-9-. The molecule has 150 valence electrons. The van der Waals surface area contributed by atoms with Crippen LogP contribution in [0.3, 0.4) is 0 Å². The van der Waals surface area contributed by atoms with E-state index in [0.717, 1.165) is 5.56 Å². The number of rotatable bonds is 6. The fourth-order valence-corrected chi connectivity index (χ4v) is 4.18. The predicted octanol–water partition coefficient (Wildman–Crippen LogP) is 3.33. The van der Waals surface area contributed by atoms with Gasteiger partial charge in [0, 0.05) is 19.0 Å². The highest BCUT2D eigenvalue weighted by Crippen LogP contribution is 2.36. The van der Waals surface area contributed by atoms with Crippen LogP contribution in [0.4, 0.5) is 5.82 Å². The number of anilines is 1. The molecule has 0 spiro atoms. The third kappa shape index (κ3) is 4.43. The van der Waals surface area contributed by atoms with Crippen molar-refractivity contribution in [2.75, 3.05) is 18.7 Å². The number of hydrogen-bond acceptors (Lipinski definition) is 8. The molecule has 0 radical (unpaired) electrons. The average molecular weight is 431 g/mol. The minimum atomic E-state index is -0.195. The van der Waals surface area contributed by atoms with Gasteiger partial charge in [-0.25, -0.2) is 0 Å². The summed E-state index contributed by atoms with van der Waals surface area (Å²) in [6.45, 7) is 2.31. The number of carbonyl (C=O) groups is 2. The van der Waals surface area contributed by atoms with E-state index >= 15 is 0 Å². The summed E-state index contributed by atoms with van der Waals surface area (Å²) < 4.78 is 16.0. The molecule has 1 aromatic carbocycles. The van der Waals surface area contributed by atoms with Crippen molar-refractivity contribution in [1.82, 2.24) is 10.1 Å². The van der Waals surface area contributed by atoms with Crippen molar-refractivity contribution in [2.24, 2.45) is 0 Å². The molecule has 10 heteroatoms. The molecule has 0 aliphatic carbocycles. The molecule has 2 amide bonds. The number of carbonyl (C=O) groups excluding carboxylic acids is 2. The van der Waals surface area contributed by atoms with Crippen LogP contribution in [0.15, 0.2) is 33.7 Å². The van der Waals surface area contributed by atoms with Crippen LogP contribution in [0, 0.1) is 6.92 Å². The Bertz CT molecular complexity index is 1020. The SMILES string of the molecule is Cc1cc(NC(=O)CCCN2C(=O)/C(=C/c3ccc4c(c3)OCO4)SC2=S)no1. The van der Waals surface area contributed by atoms with Gasteiger partial charge in [-0.2, -0.15) is 0 Å². The van der Waals surface area contributed by atoms with Gasteiger partial charge in [-0.15, -0.1) is 0 Å². The second kappa shape index (κ2) is 8.26. The molecule has 1 saturated heterocycles. The van der Waals surface area contributed by atoms with Crippen molar-refractivity contribution in [1.29, 1.82) is 0 Å². The number of thioether (sulfide) groups is 1. The van der Waals surface area contributed by atoms with Gasteiger partial charge in [0.25, 0.3) is 5.91 Å². The molecule has 0 saturated carbocycles. The quantitative estimate of drug-likeness (QED) is 0.550. The van der Waals surface area contributed by atoms with Crippen molar-refractivity contribution in [2.45, 2.75) is 19.8 Å². The smallest absolute Gasteiger partial charge is 0.266 e. The number of hydrogen-bond donors (Lipinski definition) is 1. The first-order chi connectivity index (χ1) is 14.0. The Labute approximate surface area is 176 Å². The van der Waals surface area contributed by atoms with Gasteiger partial charge >= 0.3 is 0 Å². The maximum absolute atomic E-state index is 12.7. The van der Waals surface area contributed by atoms with Gasteiger partial charge in [0.15, 0.2) is 17.3 Å². The van der Waals surface area contributed by atoms with Gasteiger partial charge in [0.1, 0.15) is 10.1 Å². The first-order valence-corrected chi connectivity index (χ1v) is 10.1. The third-order valence-corrected chi connectivity index (χ3v) is 5.63. The van der Waals surface area contributed by atoms with E-state index in [2.05, 4.69) is 10.5 Å². The zero-order valence-electron chi connectivity index (χ0n) is 15.5. The molecule has 0 unspecified atom stereocenters. The fraction of sp³-hybridized carbons (Fsp3) is 0.263. The predicted molar refractivity (Wildman–Crippen MR) is 112 cm³/mol. The summed E-state index contributed by atoms with van der Waals surface area (Å²) in [6.07, 6.45) is 2.50. The number of benzene rings is 1. The van der Waals surface area contributed by atoms with Gasteiger partial charge in [-0.05, 0) is 37.1 Å². The lowest BCUT2D eigenvalue weighted by Crippen LogP contribution is -2.29. The summed E-state index contributed by atoms with van der Waals surface area (Å²) in [4.78, 5) is 26.7. The molecule has 0 atom stereocenters. The summed E-state index contributed by atoms with van der Waals surface area (Å²) in [5.41, 5.74) is 0.831. The number of thiocarbonyl (C=S) groups is 1. The van der Waals surface area contributed by atoms with Crippen LogP contribution in [0.5, 0.6) is 11.5 Å². The van der Waals surface area contributed by atoms with Crippen LogP contribution in [0.1, 0.15) is 24.2 Å². The highest BCUT2D eigenvalue weighted by molar-refractivity contribution is 8.26. The second-order valence-corrected chi connectivity index (χ2v) is 8.10. The molecule has 3 heterocycles. The second-order valence-electron chi connectivity index (χ2n) is 6.42. The molecule has 1 N–H and O–H groups in total. The number of amides is 2. The number of aromatic nitrogens is 1. The molecular weight excluding hydrogens is 414 g/mol. The van der Waals surface area contributed by atoms with Crippen LogP contribution >= 0.6 is 24.0 Å². The monoisotopic (exact) mass is 431 g/mol. The Morgan fingerprint density at radius 1 is 1.34 bits per heavy atom. The van der Waals surface area contributed by atoms with Crippen molar-refractivity contribution >= 4 is 52.0 Å². The van der Waals surface area contributed by atoms with Crippen molar-refractivity contribution in [3.63, 3.8) is 0 Å². The molecule has 29 heavy (non-hydrogen) atoms. The van der Waals surface area contributed by atoms with Crippen molar-refractivity contribution in [3.05, 3.63) is 40.5 Å². The average Bonchev–Trinajstić information content (AvgIpc) is 3.37. The zero-order valence-corrected chi connectivity index (χ0v) is 17.1. The summed E-state index contributed by atoms with van der Waals surface area (Å²) >= 11 is 6.58. The number of nitrogens with zero attached hydrogens (tertiary/aromatic N) is 2. The van der Waals surface area contributed by atoms with Crippen LogP contribution < -0.4 is 14.8 Å². The minimum absolute atomic E-state index is 0.162. The van der Waals surface area contributed by atoms with E-state index in [1.54, 1.807) is 19.1 Å². The van der Waals surface area contributed by atoms with E-state index < -0.39 is 0 Å². The lowest BCUT2D eigenvalue weighted by molar-refractivity contribution is -0.122. The molecular formula is C19H17N3O5S2. The van der Waals surface area contributed by atoms with Gasteiger partial charge in [0.2, 0.25) is 12.7 Å². The summed E-state index contributed by atoms with van der Waals surface area (Å²) in [5, 5.41) is 6.37. The minimum Gasteiger partial charge on any atom is -0.454 e. The Kier molecular flexibility index (Phi) is 5.54. The number of ether oxygens (including phenoxy) is 2. The highest BCUT2D eigenvalue weighted by atomic mass is 32.2. The Morgan fingerprint density at radius 2 is 2.17 bits per heavy atom. The van der Waals surface area contributed by atoms with Gasteiger partial charge < -0.3 is 19.3 Å². The summed E-state index contributed by atoms with van der Waals surface area (Å²) in [6, 6.07) is 7.13. The molecule has 8 nitrogen and oxygen atoms in total. The van der Waals surface area contributed by atoms with Gasteiger partial charge in [-0.1, -0.05) is 35.2 Å². The van der Waals surface area contributed by atoms with Gasteiger partial charge in [-0.3, -0.25) is 14.5 Å². The molecule has 1 fully saturated rings. The lowest BCUT2D eigenvalue weighted by atomic mass is 10.2. The van der Waals surface area contributed by atoms with E-state index in [9.17, 15) is 9.59 Å². The number of fused-ring (bicyclic) bond motifs is 1. The first-order valence-electron chi connectivity index (χ1n) is 8.88. The topological polar surface area (TPSA) is 93.9 Å². The van der Waals surface area contributed by atoms with E-state index in [1.165, 1.54) is 16.7 Å². The third-order valence-electron chi connectivity index (χ3n) is 4.25. The lowest BCUT2D eigenvalue weighted by Gasteiger charge is -2.13. The molecule has 2 aliphatic rings. The van der Waals surface area contributed by atoms with Gasteiger partial charge in [0.05, 0.1) is 4.91 Å². The van der Waals surface area contributed by atoms with E-state index in [4.69, 9.17) is 26.2 Å². The largest absolute Gasteiger partial charge is 0.454 e. The molecule has 2 aromatic rings. The van der Waals surface area contributed by atoms with E-state index in [0.29, 0.717) is 45.3 Å².